The van der Waals surface area contributed by atoms with Gasteiger partial charge in [0.25, 0.3) is 11.8 Å². The van der Waals surface area contributed by atoms with Gasteiger partial charge in [-0.15, -0.1) is 0 Å². The Balaban J connectivity index is 1.86. The summed E-state index contributed by atoms with van der Waals surface area (Å²) >= 11 is 0. The first kappa shape index (κ1) is 12.8. The minimum absolute atomic E-state index is 0.120. The van der Waals surface area contributed by atoms with E-state index in [0.29, 0.717) is 35.3 Å². The second kappa shape index (κ2) is 4.00. The predicted octanol–water partition coefficient (Wildman–Crippen LogP) is 1.72. The van der Waals surface area contributed by atoms with Gasteiger partial charge >= 0.3 is 0 Å². The summed E-state index contributed by atoms with van der Waals surface area (Å²) in [6, 6.07) is 13.7. The average Bonchev–Trinajstić information content (AvgIpc) is 2.72. The SMILES string of the molecule is O=C1c2ccccc2N2C(=O)c3ccccc3[C@]2(O)[C@@H]2CCN12. The molecule has 114 valence electrons. The van der Waals surface area contributed by atoms with Gasteiger partial charge in [-0.25, -0.2) is 0 Å². The van der Waals surface area contributed by atoms with Crippen molar-refractivity contribution in [3.63, 3.8) is 0 Å². The molecular weight excluding hydrogens is 292 g/mol. The number of para-hydroxylation sites is 1. The molecule has 0 aliphatic carbocycles. The van der Waals surface area contributed by atoms with Crippen LogP contribution < -0.4 is 4.90 Å². The van der Waals surface area contributed by atoms with Crippen molar-refractivity contribution in [2.24, 2.45) is 0 Å². The molecule has 1 fully saturated rings. The Morgan fingerprint density at radius 1 is 0.957 bits per heavy atom. The van der Waals surface area contributed by atoms with Crippen LogP contribution in [0.15, 0.2) is 48.5 Å². The third-order valence-corrected chi connectivity index (χ3v) is 5.22. The van der Waals surface area contributed by atoms with Gasteiger partial charge in [0, 0.05) is 17.7 Å². The molecule has 2 amide bonds. The third-order valence-electron chi connectivity index (χ3n) is 5.22. The number of aliphatic hydroxyl groups is 1. The van der Waals surface area contributed by atoms with Crippen LogP contribution in [0, 0.1) is 0 Å². The Labute approximate surface area is 132 Å². The Morgan fingerprint density at radius 2 is 1.65 bits per heavy atom. The van der Waals surface area contributed by atoms with E-state index in [4.69, 9.17) is 0 Å². The van der Waals surface area contributed by atoms with Crippen LogP contribution in [0.2, 0.25) is 0 Å². The number of benzene rings is 2. The number of carbonyl (C=O) groups is 2. The quantitative estimate of drug-likeness (QED) is 0.806. The zero-order valence-electron chi connectivity index (χ0n) is 12.3. The van der Waals surface area contributed by atoms with E-state index in [-0.39, 0.29) is 11.8 Å². The first-order valence-corrected chi connectivity index (χ1v) is 7.70. The molecule has 0 spiro atoms. The highest BCUT2D eigenvalue weighted by Crippen LogP contribution is 2.50. The molecule has 1 N–H and O–H groups in total. The third kappa shape index (κ3) is 1.32. The number of hydrogen-bond acceptors (Lipinski definition) is 3. The van der Waals surface area contributed by atoms with Gasteiger partial charge < -0.3 is 10.0 Å². The molecule has 3 aliphatic rings. The van der Waals surface area contributed by atoms with Crippen LogP contribution in [-0.2, 0) is 5.72 Å². The maximum Gasteiger partial charge on any atom is 0.261 e. The molecular formula is C18H14N2O3. The van der Waals surface area contributed by atoms with Gasteiger partial charge in [0.1, 0.15) is 0 Å². The van der Waals surface area contributed by atoms with Gasteiger partial charge in [0.15, 0.2) is 5.72 Å². The second-order valence-electron chi connectivity index (χ2n) is 6.23. The lowest BCUT2D eigenvalue weighted by Gasteiger charge is -2.49. The molecule has 0 bridgehead atoms. The van der Waals surface area contributed by atoms with Crippen molar-refractivity contribution in [2.75, 3.05) is 11.4 Å². The maximum atomic E-state index is 13.0. The van der Waals surface area contributed by atoms with E-state index in [1.54, 1.807) is 47.4 Å². The Kier molecular flexibility index (Phi) is 2.23. The highest BCUT2D eigenvalue weighted by atomic mass is 16.3. The van der Waals surface area contributed by atoms with Crippen molar-refractivity contribution < 1.29 is 14.7 Å². The van der Waals surface area contributed by atoms with E-state index >= 15 is 0 Å². The van der Waals surface area contributed by atoms with Gasteiger partial charge in [-0.3, -0.25) is 14.5 Å². The fourth-order valence-electron chi connectivity index (χ4n) is 4.06. The first-order valence-electron chi connectivity index (χ1n) is 7.70. The molecule has 5 heteroatoms. The first-order chi connectivity index (χ1) is 11.1. The maximum absolute atomic E-state index is 13.0. The summed E-state index contributed by atoms with van der Waals surface area (Å²) in [7, 11) is 0. The fourth-order valence-corrected chi connectivity index (χ4v) is 4.06. The molecule has 0 unspecified atom stereocenters. The minimum atomic E-state index is -1.49. The van der Waals surface area contributed by atoms with Crippen LogP contribution in [0.1, 0.15) is 32.7 Å². The van der Waals surface area contributed by atoms with Gasteiger partial charge in [-0.05, 0) is 24.6 Å². The number of hydrogen-bond donors (Lipinski definition) is 1. The monoisotopic (exact) mass is 306 g/mol. The zero-order valence-corrected chi connectivity index (χ0v) is 12.3. The van der Waals surface area contributed by atoms with Crippen LogP contribution in [0.3, 0.4) is 0 Å². The van der Waals surface area contributed by atoms with Gasteiger partial charge in [-0.1, -0.05) is 30.3 Å². The summed E-state index contributed by atoms with van der Waals surface area (Å²) in [5.74, 6) is -0.373. The smallest absolute Gasteiger partial charge is 0.261 e. The van der Waals surface area contributed by atoms with E-state index in [1.807, 2.05) is 6.07 Å². The average molecular weight is 306 g/mol. The molecule has 0 aromatic heterocycles. The number of rotatable bonds is 0. The Hall–Kier alpha value is -2.66. The van der Waals surface area contributed by atoms with Crippen LogP contribution in [0.4, 0.5) is 5.69 Å². The fraction of sp³-hybridized carbons (Fsp3) is 0.222. The molecule has 3 aliphatic heterocycles. The normalized spacial score (nSPS) is 27.6. The summed E-state index contributed by atoms with van der Waals surface area (Å²) < 4.78 is 0. The number of nitrogens with zero attached hydrogens (tertiary/aromatic N) is 2. The van der Waals surface area contributed by atoms with Crippen LogP contribution in [0.5, 0.6) is 0 Å². The summed E-state index contributed by atoms with van der Waals surface area (Å²) in [6.07, 6.45) is 0.675. The number of anilines is 1. The van der Waals surface area contributed by atoms with Crippen LogP contribution in [0.25, 0.3) is 0 Å². The molecule has 23 heavy (non-hydrogen) atoms. The molecule has 2 aromatic carbocycles. The second-order valence-corrected chi connectivity index (χ2v) is 6.23. The van der Waals surface area contributed by atoms with Crippen LogP contribution >= 0.6 is 0 Å². The molecule has 0 saturated carbocycles. The van der Waals surface area contributed by atoms with Crippen molar-refractivity contribution in [3.8, 4) is 0 Å². The molecule has 2 atom stereocenters. The van der Waals surface area contributed by atoms with Crippen LogP contribution in [-0.4, -0.2) is 34.4 Å². The molecule has 5 nitrogen and oxygen atoms in total. The lowest BCUT2D eigenvalue weighted by molar-refractivity contribution is -0.0736. The highest BCUT2D eigenvalue weighted by molar-refractivity contribution is 6.16. The summed E-state index contributed by atoms with van der Waals surface area (Å²) in [4.78, 5) is 28.8. The van der Waals surface area contributed by atoms with Crippen molar-refractivity contribution >= 4 is 17.5 Å². The largest absolute Gasteiger partial charge is 0.365 e. The molecule has 1 saturated heterocycles. The summed E-state index contributed by atoms with van der Waals surface area (Å²) in [5.41, 5.74) is 0.550. The Bertz CT molecular complexity index is 878. The lowest BCUT2D eigenvalue weighted by atomic mass is 9.86. The summed E-state index contributed by atoms with van der Waals surface area (Å²) in [5, 5.41) is 11.6. The number of fused-ring (bicyclic) bond motifs is 7. The van der Waals surface area contributed by atoms with Gasteiger partial charge in [0.2, 0.25) is 0 Å². The zero-order chi connectivity index (χ0) is 15.8. The van der Waals surface area contributed by atoms with Crippen molar-refractivity contribution in [1.29, 1.82) is 0 Å². The van der Waals surface area contributed by atoms with E-state index in [2.05, 4.69) is 0 Å². The molecule has 0 radical (unpaired) electrons. The van der Waals surface area contributed by atoms with E-state index in [1.165, 1.54) is 4.90 Å². The standard InChI is InChI=1S/C18H14N2O3/c21-16-12-6-2-4-8-14(12)20-17(22)11-5-1-3-7-13(11)18(20,23)15-9-10-19(15)16/h1-8,15,23H,9-10H2/t15-,18-/m0/s1. The minimum Gasteiger partial charge on any atom is -0.365 e. The Morgan fingerprint density at radius 3 is 2.39 bits per heavy atom. The molecule has 3 heterocycles. The number of amides is 2. The van der Waals surface area contributed by atoms with Crippen molar-refractivity contribution in [3.05, 3.63) is 65.2 Å². The van der Waals surface area contributed by atoms with Crippen molar-refractivity contribution in [2.45, 2.75) is 18.2 Å². The van der Waals surface area contributed by atoms with E-state index in [0.717, 1.165) is 0 Å². The van der Waals surface area contributed by atoms with Crippen molar-refractivity contribution in [1.82, 2.24) is 4.90 Å². The van der Waals surface area contributed by atoms with E-state index < -0.39 is 11.8 Å². The summed E-state index contributed by atoms with van der Waals surface area (Å²) in [6.45, 7) is 0.602. The van der Waals surface area contributed by atoms with Gasteiger partial charge in [-0.2, -0.15) is 0 Å². The molecule has 5 rings (SSSR count). The lowest BCUT2D eigenvalue weighted by Crippen LogP contribution is -2.64. The number of carbonyl (C=O) groups excluding carboxylic acids is 2. The topological polar surface area (TPSA) is 60.9 Å². The predicted molar refractivity (Wildman–Crippen MR) is 83.0 cm³/mol. The van der Waals surface area contributed by atoms with E-state index in [9.17, 15) is 14.7 Å². The van der Waals surface area contributed by atoms with Gasteiger partial charge in [0.05, 0.1) is 17.3 Å². The molecule has 2 aromatic rings. The highest BCUT2D eigenvalue weighted by Gasteiger charge is 2.61.